The van der Waals surface area contributed by atoms with Crippen molar-refractivity contribution in [3.05, 3.63) is 115 Å². The first kappa shape index (κ1) is 71.4. The lowest BCUT2D eigenvalue weighted by atomic mass is 9.88. The highest BCUT2D eigenvalue weighted by Crippen LogP contribution is 2.48. The number of hydrogen-bond acceptors (Lipinski definition) is 8. The van der Waals surface area contributed by atoms with Gasteiger partial charge in [-0.1, -0.05) is 205 Å². The van der Waals surface area contributed by atoms with E-state index in [4.69, 9.17) is 18.9 Å². The molecule has 0 unspecified atom stereocenters. The normalized spacial score (nSPS) is 13.1. The second kappa shape index (κ2) is 36.2. The predicted molar refractivity (Wildman–Crippen MR) is 335 cm³/mol. The molecule has 4 aromatic rings. The van der Waals surface area contributed by atoms with Gasteiger partial charge in [0.1, 0.15) is 23.0 Å². The van der Waals surface area contributed by atoms with E-state index < -0.39 is 55.0 Å². The molecule has 84 heavy (non-hydrogen) atoms. The fourth-order valence-corrected chi connectivity index (χ4v) is 14.1. The van der Waals surface area contributed by atoms with Crippen molar-refractivity contribution in [1.82, 2.24) is 0 Å². The Hall–Kier alpha value is -3.32. The molecule has 0 atom stereocenters. The van der Waals surface area contributed by atoms with Gasteiger partial charge in [0.25, 0.3) is 0 Å². The van der Waals surface area contributed by atoms with Crippen molar-refractivity contribution in [2.24, 2.45) is 0 Å². The van der Waals surface area contributed by atoms with E-state index in [0.717, 1.165) is 128 Å². The Morgan fingerprint density at radius 3 is 0.583 bits per heavy atom. The fraction of sp³-hybridized carbons (Fsp3) is 0.625. The Balaban J connectivity index is 1.92. The van der Waals surface area contributed by atoms with Crippen LogP contribution in [0.3, 0.4) is 0 Å². The highest BCUT2D eigenvalue weighted by Gasteiger charge is 2.29. The van der Waals surface area contributed by atoms with Crippen LogP contribution < -0.4 is 18.9 Å². The van der Waals surface area contributed by atoms with Crippen molar-refractivity contribution in [2.45, 2.75) is 232 Å². The van der Waals surface area contributed by atoms with Crippen LogP contribution in [0, 0.1) is 0 Å². The highest BCUT2D eigenvalue weighted by atomic mass is 31.2. The molecule has 0 saturated carbocycles. The van der Waals surface area contributed by atoms with E-state index in [1.54, 1.807) is 48.5 Å². The van der Waals surface area contributed by atoms with E-state index in [1.807, 2.05) is 0 Å². The van der Waals surface area contributed by atoms with Gasteiger partial charge in [-0.3, -0.25) is 18.3 Å². The van der Waals surface area contributed by atoms with Crippen LogP contribution in [0.1, 0.15) is 249 Å². The molecule has 0 amide bonds. The SMILES string of the molecule is CCCCCCCCOc1c2cc(CP(=O)(O)O)cc1Cc1cc(CP(=O)(O)O)cc(c1OCCCCCCCC)Cc1cc(CP(=O)(O)O)cc(c1OCCCCCCCC)Cc1cc(CP(=O)(O)O)cc(c1OCCCCCCCC)C2. The number of fused-ring (bicyclic) bond motifs is 8. The van der Waals surface area contributed by atoms with Gasteiger partial charge >= 0.3 is 30.4 Å². The molecule has 472 valence electrons. The van der Waals surface area contributed by atoms with Crippen molar-refractivity contribution in [3.8, 4) is 23.0 Å². The van der Waals surface area contributed by atoms with Crippen molar-refractivity contribution in [1.29, 1.82) is 0 Å². The molecule has 0 aromatic heterocycles. The van der Waals surface area contributed by atoms with Crippen LogP contribution in [-0.4, -0.2) is 65.6 Å². The van der Waals surface area contributed by atoms with Gasteiger partial charge in [-0.15, -0.1) is 0 Å². The maximum atomic E-state index is 13.0. The van der Waals surface area contributed by atoms with Gasteiger partial charge in [0.2, 0.25) is 0 Å². The van der Waals surface area contributed by atoms with Gasteiger partial charge < -0.3 is 58.1 Å². The molecule has 20 heteroatoms. The first-order valence-electron chi connectivity index (χ1n) is 31.3. The number of rotatable bonds is 40. The van der Waals surface area contributed by atoms with E-state index >= 15 is 0 Å². The van der Waals surface area contributed by atoms with Crippen LogP contribution in [0.4, 0.5) is 0 Å². The minimum atomic E-state index is -4.70. The van der Waals surface area contributed by atoms with Crippen molar-refractivity contribution in [2.75, 3.05) is 26.4 Å². The second-order valence-electron chi connectivity index (χ2n) is 23.4. The third-order valence-electron chi connectivity index (χ3n) is 15.3. The topological polar surface area (TPSA) is 267 Å². The zero-order valence-electron chi connectivity index (χ0n) is 50.7. The maximum absolute atomic E-state index is 13.0. The molecule has 8 bridgehead atoms. The predicted octanol–water partition coefficient (Wildman–Crippen LogP) is 16.0. The number of unbranched alkanes of at least 4 members (excludes halogenated alkanes) is 20. The van der Waals surface area contributed by atoms with Crippen LogP contribution in [0.2, 0.25) is 0 Å². The summed E-state index contributed by atoms with van der Waals surface area (Å²) in [5.41, 5.74) is 5.51. The van der Waals surface area contributed by atoms with Gasteiger partial charge in [-0.05, 0) is 92.4 Å². The molecule has 0 fully saturated rings. The summed E-state index contributed by atoms with van der Waals surface area (Å²) in [5.74, 6) is 1.76. The van der Waals surface area contributed by atoms with Crippen LogP contribution in [-0.2, 0) is 68.6 Å². The van der Waals surface area contributed by atoms with Gasteiger partial charge in [0, 0.05) is 25.7 Å². The van der Waals surface area contributed by atoms with E-state index in [1.165, 1.54) is 0 Å². The van der Waals surface area contributed by atoms with Crippen LogP contribution in [0.15, 0.2) is 48.5 Å². The van der Waals surface area contributed by atoms with Crippen molar-refractivity contribution < 1.29 is 76.4 Å². The van der Waals surface area contributed by atoms with Crippen LogP contribution in [0.5, 0.6) is 23.0 Å². The maximum Gasteiger partial charge on any atom is 0.329 e. The molecule has 4 aromatic carbocycles. The molecule has 1 aliphatic carbocycles. The summed E-state index contributed by atoms with van der Waals surface area (Å²) >= 11 is 0. The van der Waals surface area contributed by atoms with Gasteiger partial charge in [0.15, 0.2) is 0 Å². The van der Waals surface area contributed by atoms with Crippen molar-refractivity contribution >= 4 is 30.4 Å². The Morgan fingerprint density at radius 2 is 0.429 bits per heavy atom. The number of benzene rings is 4. The smallest absolute Gasteiger partial charge is 0.329 e. The molecule has 0 spiro atoms. The summed E-state index contributed by atoms with van der Waals surface area (Å²) in [7, 11) is -18.8. The molecular weight excluding hydrogens is 1150 g/mol. The minimum absolute atomic E-state index is 0.0252. The molecule has 8 N–H and O–H groups in total. The monoisotopic (exact) mass is 1250 g/mol. The molecule has 5 rings (SSSR count). The van der Waals surface area contributed by atoms with Gasteiger partial charge in [-0.25, -0.2) is 0 Å². The quantitative estimate of drug-likeness (QED) is 0.0134. The molecule has 0 aliphatic heterocycles. The third kappa shape index (κ3) is 27.0. The molecule has 0 heterocycles. The van der Waals surface area contributed by atoms with E-state index in [9.17, 15) is 57.4 Å². The van der Waals surface area contributed by atoms with E-state index in [0.29, 0.717) is 142 Å². The minimum Gasteiger partial charge on any atom is -0.493 e. The zero-order chi connectivity index (χ0) is 61.2. The largest absolute Gasteiger partial charge is 0.493 e. The Morgan fingerprint density at radius 1 is 0.274 bits per heavy atom. The summed E-state index contributed by atoms with van der Waals surface area (Å²) in [4.78, 5) is 84.8. The highest BCUT2D eigenvalue weighted by molar-refractivity contribution is 7.51. The Bertz CT molecular complexity index is 2370. The average molecular weight is 1250 g/mol. The fourth-order valence-electron chi connectivity index (χ4n) is 11.5. The summed E-state index contributed by atoms with van der Waals surface area (Å²) < 4.78 is 79.8. The first-order valence-corrected chi connectivity index (χ1v) is 38.4. The average Bonchev–Trinajstić information content (AvgIpc) is 1.97. The standard InChI is InChI=1S/C64H100O16P4/c1-5-9-13-17-21-25-29-77-61-53-33-49(45-81(65,66)67)34-54(61)42-56-36-51(47-83(71,72)73)38-58(63(56)79-31-27-23-19-15-11-7-3)44-60-40-52(48-84(74,75)76)39-59(64(60)80-32-28-24-20-16-12-8-4)43-57-37-50(46-82(68,69)70)35-55(41-53)62(57)78-30-26-22-18-14-10-6-2/h33-40H,5-32,41-48H2,1-4H3,(H2,65,66,67)(H2,68,69,70)(H2,71,72,73)(H2,74,75,76). The number of hydrogen-bond donors (Lipinski definition) is 8. The summed E-state index contributed by atoms with van der Waals surface area (Å²) in [5, 5.41) is 0. The summed E-state index contributed by atoms with van der Waals surface area (Å²) in [6, 6.07) is 13.7. The van der Waals surface area contributed by atoms with Crippen LogP contribution in [0.25, 0.3) is 0 Å². The zero-order valence-corrected chi connectivity index (χ0v) is 54.3. The van der Waals surface area contributed by atoms with Gasteiger partial charge in [-0.2, -0.15) is 0 Å². The molecule has 0 saturated heterocycles. The van der Waals surface area contributed by atoms with Crippen LogP contribution >= 0.6 is 30.4 Å². The Kier molecular flexibility index (Phi) is 30.8. The number of ether oxygens (including phenoxy) is 4. The lowest BCUT2D eigenvalue weighted by Crippen LogP contribution is -2.12. The van der Waals surface area contributed by atoms with Gasteiger partial charge in [0.05, 0.1) is 51.1 Å². The first-order chi connectivity index (χ1) is 40.0. The van der Waals surface area contributed by atoms with E-state index in [2.05, 4.69) is 27.7 Å². The van der Waals surface area contributed by atoms with Crippen molar-refractivity contribution in [3.63, 3.8) is 0 Å². The van der Waals surface area contributed by atoms with E-state index in [-0.39, 0.29) is 25.7 Å². The Labute approximate surface area is 501 Å². The molecule has 1 aliphatic rings. The lowest BCUT2D eigenvalue weighted by Gasteiger charge is -2.25. The summed E-state index contributed by atoms with van der Waals surface area (Å²) in [6.45, 7) is 9.83. The summed E-state index contributed by atoms with van der Waals surface area (Å²) in [6.07, 6.45) is 21.2. The molecule has 16 nitrogen and oxygen atoms in total. The molecular formula is C64H100O16P4. The third-order valence-corrected chi connectivity index (χ3v) is 18.4. The lowest BCUT2D eigenvalue weighted by molar-refractivity contribution is 0.292. The second-order valence-corrected chi connectivity index (χ2v) is 30.0. The molecule has 0 radical (unpaired) electrons.